The lowest BCUT2D eigenvalue weighted by molar-refractivity contribution is 0.0945. The summed E-state index contributed by atoms with van der Waals surface area (Å²) in [5.74, 6) is 0.349. The number of carbonyl (C=O) groups is 1. The Balaban J connectivity index is 0.00000200. The molecule has 8 heteroatoms. The summed E-state index contributed by atoms with van der Waals surface area (Å²) in [5.41, 5.74) is 7.03. The highest BCUT2D eigenvalue weighted by atomic mass is 79.9. The van der Waals surface area contributed by atoms with E-state index in [4.69, 9.17) is 5.73 Å². The number of H-pyrrole nitrogens is 1. The van der Waals surface area contributed by atoms with Gasteiger partial charge in [0.15, 0.2) is 5.95 Å². The van der Waals surface area contributed by atoms with Crippen LogP contribution in [-0.4, -0.2) is 27.0 Å². The molecule has 0 unspecified atom stereocenters. The summed E-state index contributed by atoms with van der Waals surface area (Å²) in [6, 6.07) is 1.80. The summed E-state index contributed by atoms with van der Waals surface area (Å²) in [6.07, 6.45) is 5.24. The summed E-state index contributed by atoms with van der Waals surface area (Å²) in [6.45, 7) is 0.606. The number of nitrogen functional groups attached to an aromatic ring is 1. The molecule has 2 heterocycles. The van der Waals surface area contributed by atoms with Crippen molar-refractivity contribution >= 4 is 40.2 Å². The highest BCUT2D eigenvalue weighted by molar-refractivity contribution is 9.10. The lowest BCUT2D eigenvalue weighted by Gasteiger charge is -2.05. The first-order valence-corrected chi connectivity index (χ1v) is 6.75. The third-order valence-electron chi connectivity index (χ3n) is 2.75. The van der Waals surface area contributed by atoms with Gasteiger partial charge in [-0.25, -0.2) is 4.98 Å². The Morgan fingerprint density at radius 1 is 1.60 bits per heavy atom. The van der Waals surface area contributed by atoms with Crippen LogP contribution in [0.3, 0.4) is 0 Å². The Hall–Kier alpha value is -1.47. The number of nitrogens with one attached hydrogen (secondary N) is 2. The molecule has 0 saturated carbocycles. The molecule has 20 heavy (non-hydrogen) atoms. The second-order valence-electron chi connectivity index (χ2n) is 4.29. The van der Waals surface area contributed by atoms with Crippen LogP contribution >= 0.6 is 28.3 Å². The number of anilines is 1. The molecule has 0 bridgehead atoms. The molecule has 0 aliphatic heterocycles. The predicted octanol–water partition coefficient (Wildman–Crippen LogP) is 1.88. The Morgan fingerprint density at radius 3 is 2.90 bits per heavy atom. The Bertz CT molecular complexity index is 580. The van der Waals surface area contributed by atoms with Crippen molar-refractivity contribution in [2.75, 3.05) is 12.3 Å². The van der Waals surface area contributed by atoms with Crippen LogP contribution in [0.25, 0.3) is 0 Å². The number of aryl methyl sites for hydroxylation is 2. The molecule has 0 atom stereocenters. The summed E-state index contributed by atoms with van der Waals surface area (Å²) in [4.78, 5) is 18.8. The number of nitrogens with two attached hydrogens (primary N) is 1. The maximum Gasteiger partial charge on any atom is 0.267 e. The van der Waals surface area contributed by atoms with Gasteiger partial charge in [-0.2, -0.15) is 0 Å². The second kappa shape index (κ2) is 7.35. The van der Waals surface area contributed by atoms with Gasteiger partial charge < -0.3 is 20.6 Å². The van der Waals surface area contributed by atoms with Gasteiger partial charge in [0.25, 0.3) is 5.91 Å². The zero-order valence-electron chi connectivity index (χ0n) is 11.0. The van der Waals surface area contributed by atoms with E-state index in [9.17, 15) is 4.79 Å². The fourth-order valence-electron chi connectivity index (χ4n) is 1.82. The van der Waals surface area contributed by atoms with E-state index in [-0.39, 0.29) is 18.3 Å². The minimum atomic E-state index is -0.0743. The van der Waals surface area contributed by atoms with Crippen molar-refractivity contribution in [3.8, 4) is 0 Å². The molecule has 0 spiro atoms. The normalized spacial score (nSPS) is 10.1. The fraction of sp³-hybridized carbons (Fsp3) is 0.333. The molecular formula is C12H17BrClN5O. The first-order valence-electron chi connectivity index (χ1n) is 5.96. The van der Waals surface area contributed by atoms with Crippen molar-refractivity contribution in [1.82, 2.24) is 19.9 Å². The van der Waals surface area contributed by atoms with E-state index in [1.807, 2.05) is 13.2 Å². The standard InChI is InChI=1S/C12H16BrN5O.ClH/c1-18-7-8(13)5-10(18)11(19)15-4-2-3-9-6-16-12(14)17-9;/h5-7H,2-4H2,1H3,(H,15,19)(H3,14,16,17);1H. The monoisotopic (exact) mass is 361 g/mol. The van der Waals surface area contributed by atoms with Gasteiger partial charge >= 0.3 is 0 Å². The Labute approximate surface area is 131 Å². The highest BCUT2D eigenvalue weighted by Crippen LogP contribution is 2.13. The molecule has 2 aromatic rings. The third kappa shape index (κ3) is 4.28. The highest BCUT2D eigenvalue weighted by Gasteiger charge is 2.10. The summed E-state index contributed by atoms with van der Waals surface area (Å²) in [7, 11) is 1.84. The van der Waals surface area contributed by atoms with Crippen molar-refractivity contribution in [3.05, 3.63) is 34.3 Å². The number of aromatic nitrogens is 3. The van der Waals surface area contributed by atoms with Crippen molar-refractivity contribution in [3.63, 3.8) is 0 Å². The molecule has 0 radical (unpaired) electrons. The Kier molecular flexibility index (Phi) is 6.09. The molecule has 0 aliphatic rings. The number of amides is 1. The number of imidazole rings is 1. The first-order chi connectivity index (χ1) is 9.06. The molecule has 0 aromatic carbocycles. The molecule has 110 valence electrons. The van der Waals surface area contributed by atoms with Gasteiger partial charge in [0.05, 0.1) is 5.69 Å². The van der Waals surface area contributed by atoms with Gasteiger partial charge in [0.1, 0.15) is 5.69 Å². The lowest BCUT2D eigenvalue weighted by Crippen LogP contribution is -2.26. The van der Waals surface area contributed by atoms with Gasteiger partial charge in [-0.3, -0.25) is 4.79 Å². The van der Waals surface area contributed by atoms with Crippen LogP contribution in [0.4, 0.5) is 5.95 Å². The van der Waals surface area contributed by atoms with Gasteiger partial charge in [-0.05, 0) is 34.8 Å². The smallest absolute Gasteiger partial charge is 0.267 e. The van der Waals surface area contributed by atoms with Gasteiger partial charge in [-0.1, -0.05) is 0 Å². The van der Waals surface area contributed by atoms with E-state index in [0.29, 0.717) is 18.2 Å². The van der Waals surface area contributed by atoms with Crippen molar-refractivity contribution < 1.29 is 4.79 Å². The van der Waals surface area contributed by atoms with E-state index in [2.05, 4.69) is 31.2 Å². The van der Waals surface area contributed by atoms with Crippen LogP contribution < -0.4 is 11.1 Å². The molecule has 2 rings (SSSR count). The summed E-state index contributed by atoms with van der Waals surface area (Å²) >= 11 is 3.34. The predicted molar refractivity (Wildman–Crippen MR) is 84.0 cm³/mol. The quantitative estimate of drug-likeness (QED) is 0.710. The topological polar surface area (TPSA) is 88.7 Å². The maximum atomic E-state index is 11.9. The number of rotatable bonds is 5. The van der Waals surface area contributed by atoms with Crippen LogP contribution in [0.15, 0.2) is 22.9 Å². The molecule has 0 fully saturated rings. The average Bonchev–Trinajstić information content (AvgIpc) is 2.90. The SMILES string of the molecule is Cl.Cn1cc(Br)cc1C(=O)NCCCc1c[nH]c(N)n1. The van der Waals surface area contributed by atoms with Gasteiger partial charge in [0.2, 0.25) is 0 Å². The van der Waals surface area contributed by atoms with E-state index in [1.165, 1.54) is 0 Å². The van der Waals surface area contributed by atoms with E-state index >= 15 is 0 Å². The van der Waals surface area contributed by atoms with E-state index < -0.39 is 0 Å². The van der Waals surface area contributed by atoms with Crippen LogP contribution in [0.5, 0.6) is 0 Å². The number of hydrogen-bond acceptors (Lipinski definition) is 3. The zero-order valence-corrected chi connectivity index (χ0v) is 13.4. The lowest BCUT2D eigenvalue weighted by atomic mass is 10.2. The van der Waals surface area contributed by atoms with Crippen molar-refractivity contribution in [2.24, 2.45) is 7.05 Å². The Morgan fingerprint density at radius 2 is 2.35 bits per heavy atom. The number of nitrogens with zero attached hydrogens (tertiary/aromatic N) is 2. The molecule has 4 N–H and O–H groups in total. The van der Waals surface area contributed by atoms with Gasteiger partial charge in [0, 0.05) is 30.5 Å². The molecule has 2 aromatic heterocycles. The largest absolute Gasteiger partial charge is 0.369 e. The van der Waals surface area contributed by atoms with Crippen molar-refractivity contribution in [1.29, 1.82) is 0 Å². The number of halogens is 2. The van der Waals surface area contributed by atoms with Crippen LogP contribution in [0, 0.1) is 0 Å². The zero-order chi connectivity index (χ0) is 13.8. The fourth-order valence-corrected chi connectivity index (χ4v) is 2.34. The number of carbonyl (C=O) groups excluding carboxylic acids is 1. The summed E-state index contributed by atoms with van der Waals surface area (Å²) < 4.78 is 2.68. The minimum absolute atomic E-state index is 0. The van der Waals surface area contributed by atoms with Crippen LogP contribution in [-0.2, 0) is 13.5 Å². The van der Waals surface area contributed by atoms with E-state index in [1.54, 1.807) is 16.8 Å². The van der Waals surface area contributed by atoms with Crippen LogP contribution in [0.2, 0.25) is 0 Å². The third-order valence-corrected chi connectivity index (χ3v) is 3.18. The summed E-state index contributed by atoms with van der Waals surface area (Å²) in [5, 5.41) is 2.88. The van der Waals surface area contributed by atoms with Crippen LogP contribution in [0.1, 0.15) is 22.6 Å². The second-order valence-corrected chi connectivity index (χ2v) is 5.21. The first kappa shape index (κ1) is 16.6. The number of hydrogen-bond donors (Lipinski definition) is 3. The van der Waals surface area contributed by atoms with Gasteiger partial charge in [-0.15, -0.1) is 12.4 Å². The number of aromatic amines is 1. The molecule has 0 saturated heterocycles. The van der Waals surface area contributed by atoms with E-state index in [0.717, 1.165) is 23.0 Å². The minimum Gasteiger partial charge on any atom is -0.369 e. The average molecular weight is 363 g/mol. The molecule has 1 amide bonds. The van der Waals surface area contributed by atoms with Crippen molar-refractivity contribution in [2.45, 2.75) is 12.8 Å². The maximum absolute atomic E-state index is 11.9. The molecule has 0 aliphatic carbocycles. The molecular weight excluding hydrogens is 346 g/mol. The molecule has 6 nitrogen and oxygen atoms in total.